The number of hydrogen-bond acceptors (Lipinski definition) is 13. The van der Waals surface area contributed by atoms with Crippen LogP contribution in [0.4, 0.5) is 27.3 Å². The molecule has 0 radical (unpaired) electrons. The first-order valence-corrected chi connectivity index (χ1v) is 20.7. The van der Waals surface area contributed by atoms with Crippen molar-refractivity contribution in [1.82, 2.24) is 34.9 Å². The molecule has 19 heteroatoms. The number of nitrogens with one attached hydrogen (secondary N) is 4. The van der Waals surface area contributed by atoms with Crippen molar-refractivity contribution in [2.45, 2.75) is 37.8 Å². The average Bonchev–Trinajstić information content (AvgIpc) is 3.53. The van der Waals surface area contributed by atoms with E-state index in [0.29, 0.717) is 65.2 Å². The first kappa shape index (κ1) is 42.2. The number of carbonyl (C=O) groups excluding carboxylic acids is 6. The van der Waals surface area contributed by atoms with Gasteiger partial charge in [0.1, 0.15) is 29.8 Å². The number of imide groups is 2. The molecule has 1 aromatic heterocycles. The molecule has 1 unspecified atom stereocenters. The predicted octanol–water partition coefficient (Wildman–Crippen LogP) is 3.79. The molecule has 17 nitrogen and oxygen atoms in total. The van der Waals surface area contributed by atoms with Crippen LogP contribution in [-0.4, -0.2) is 137 Å². The van der Waals surface area contributed by atoms with Crippen LogP contribution in [0.2, 0.25) is 5.02 Å². The van der Waals surface area contributed by atoms with Gasteiger partial charge in [-0.25, -0.2) is 14.4 Å². The number of piperazine rings is 1. The maximum atomic E-state index is 13.7. The first-order valence-electron chi connectivity index (χ1n) is 20.3. The number of methoxy groups -OCH3 is 1. The largest absolute Gasteiger partial charge is 0.494 e. The number of nitrogens with zero attached hydrogens (tertiary/aromatic N) is 6. The Morgan fingerprint density at radius 3 is 2.48 bits per heavy atom. The maximum absolute atomic E-state index is 13.7. The summed E-state index contributed by atoms with van der Waals surface area (Å²) in [6, 6.07) is 11.7. The molecule has 62 heavy (non-hydrogen) atoms. The van der Waals surface area contributed by atoms with E-state index in [4.69, 9.17) is 16.3 Å². The maximum Gasteiger partial charge on any atom is 0.264 e. The summed E-state index contributed by atoms with van der Waals surface area (Å²) in [4.78, 5) is 93.1. The SMILES string of the molecule is COc1cc2ncnc(Nc3ccc(F)c(Cl)c3)c2cc1NC(=O)/C=C/CN1CCC(N2CCN(C(=O)CNc3cccc4c3C(=O)N(C3CCC(=O)NC3=O)C4=O)CC2)CC1. The molecule has 0 saturated carbocycles. The minimum absolute atomic E-state index is 0.0275. The Morgan fingerprint density at radius 2 is 1.74 bits per heavy atom. The van der Waals surface area contributed by atoms with Crippen molar-refractivity contribution in [2.24, 2.45) is 0 Å². The van der Waals surface area contributed by atoms with Crippen LogP contribution in [0.5, 0.6) is 5.75 Å². The third-order valence-corrected chi connectivity index (χ3v) is 12.0. The van der Waals surface area contributed by atoms with Gasteiger partial charge in [0.05, 0.1) is 41.0 Å². The number of anilines is 4. The van der Waals surface area contributed by atoms with E-state index in [-0.39, 0.29) is 47.4 Å². The second-order valence-electron chi connectivity index (χ2n) is 15.4. The van der Waals surface area contributed by atoms with Gasteiger partial charge in [-0.3, -0.25) is 48.8 Å². The molecule has 0 aliphatic carbocycles. The molecule has 3 saturated heterocycles. The number of hydrogen-bond donors (Lipinski definition) is 4. The van der Waals surface area contributed by atoms with Crippen LogP contribution in [0, 0.1) is 5.82 Å². The zero-order chi connectivity index (χ0) is 43.5. The van der Waals surface area contributed by atoms with Crippen molar-refractivity contribution in [2.75, 3.05) is 75.4 Å². The molecule has 6 amide bonds. The van der Waals surface area contributed by atoms with Crippen LogP contribution in [0.25, 0.3) is 10.9 Å². The topological polar surface area (TPSA) is 199 Å². The number of piperidine rings is 2. The normalized spacial score (nSPS) is 18.9. The zero-order valence-electron chi connectivity index (χ0n) is 33.8. The Morgan fingerprint density at radius 1 is 0.952 bits per heavy atom. The highest BCUT2D eigenvalue weighted by Crippen LogP contribution is 2.35. The molecular weight excluding hydrogens is 823 g/mol. The summed E-state index contributed by atoms with van der Waals surface area (Å²) in [5, 5.41) is 11.9. The van der Waals surface area contributed by atoms with Crippen LogP contribution >= 0.6 is 11.6 Å². The van der Waals surface area contributed by atoms with E-state index in [0.717, 1.165) is 43.9 Å². The van der Waals surface area contributed by atoms with Gasteiger partial charge in [-0.1, -0.05) is 23.7 Å². The third kappa shape index (κ3) is 8.93. The van der Waals surface area contributed by atoms with E-state index in [9.17, 15) is 33.2 Å². The number of amides is 6. The number of rotatable bonds is 12. The molecular formula is C43H44ClFN10O7. The fourth-order valence-electron chi connectivity index (χ4n) is 8.39. The van der Waals surface area contributed by atoms with Crippen molar-refractivity contribution >= 4 is 80.8 Å². The minimum Gasteiger partial charge on any atom is -0.494 e. The quantitative estimate of drug-likeness (QED) is 0.119. The molecule has 4 N–H and O–H groups in total. The average molecular weight is 867 g/mol. The summed E-state index contributed by atoms with van der Waals surface area (Å²) in [6.45, 7) is 4.82. The number of carbonyl (C=O) groups is 6. The molecule has 5 heterocycles. The standard InChI is InChI=1S/C43H44ClFN10O7/c1-62-35-22-32-28(40(48-24-47-32)49-25-7-8-30(45)29(44)20-25)21-33(35)50-36(56)6-3-13-52-14-11-26(12-15-52)53-16-18-54(19-17-53)38(58)23-46-31-5-2-4-27-39(31)43(61)55(42(27)60)34-9-10-37(57)51-41(34)59/h2-8,20-22,24,26,34,46H,9-19,23H2,1H3,(H,50,56)(H,47,48,49)(H,51,57,59)/b6-3+. The minimum atomic E-state index is -1.07. The lowest BCUT2D eigenvalue weighted by molar-refractivity contribution is -0.136. The van der Waals surface area contributed by atoms with Crippen LogP contribution in [0.1, 0.15) is 46.4 Å². The number of ether oxygens (including phenoxy) is 1. The molecule has 1 atom stereocenters. The van der Waals surface area contributed by atoms with Gasteiger partial charge in [-0.05, 0) is 68.8 Å². The molecule has 8 rings (SSSR count). The van der Waals surface area contributed by atoms with Crippen LogP contribution in [-0.2, 0) is 19.2 Å². The third-order valence-electron chi connectivity index (χ3n) is 11.7. The van der Waals surface area contributed by atoms with Gasteiger partial charge in [0.25, 0.3) is 11.8 Å². The summed E-state index contributed by atoms with van der Waals surface area (Å²) < 4.78 is 19.3. The number of aromatic nitrogens is 2. The summed E-state index contributed by atoms with van der Waals surface area (Å²) in [6.07, 6.45) is 6.72. The van der Waals surface area contributed by atoms with Crippen molar-refractivity contribution < 1.29 is 37.9 Å². The van der Waals surface area contributed by atoms with Gasteiger partial charge < -0.3 is 25.6 Å². The number of fused-ring (bicyclic) bond motifs is 2. The molecule has 4 aliphatic rings. The van der Waals surface area contributed by atoms with Crippen molar-refractivity contribution in [1.29, 1.82) is 0 Å². The second kappa shape index (κ2) is 18.2. The van der Waals surface area contributed by atoms with Gasteiger partial charge >= 0.3 is 0 Å². The fourth-order valence-corrected chi connectivity index (χ4v) is 8.57. The summed E-state index contributed by atoms with van der Waals surface area (Å²) in [5.74, 6) is -2.50. The van der Waals surface area contributed by atoms with E-state index in [1.807, 2.05) is 6.08 Å². The Bertz CT molecular complexity index is 2490. The van der Waals surface area contributed by atoms with Crippen molar-refractivity contribution in [3.8, 4) is 5.75 Å². The summed E-state index contributed by atoms with van der Waals surface area (Å²) in [5.41, 5.74) is 2.13. The Balaban J connectivity index is 0.781. The molecule has 3 fully saturated rings. The zero-order valence-corrected chi connectivity index (χ0v) is 34.5. The van der Waals surface area contributed by atoms with E-state index in [1.165, 1.54) is 37.7 Å². The summed E-state index contributed by atoms with van der Waals surface area (Å²) >= 11 is 5.96. The van der Waals surface area contributed by atoms with Crippen LogP contribution in [0.15, 0.2) is 67.0 Å². The fraction of sp³-hybridized carbons (Fsp3) is 0.349. The van der Waals surface area contributed by atoms with Crippen molar-refractivity contribution in [3.63, 3.8) is 0 Å². The van der Waals surface area contributed by atoms with E-state index in [1.54, 1.807) is 35.2 Å². The Kier molecular flexibility index (Phi) is 12.4. The number of halogens is 2. The van der Waals surface area contributed by atoms with Gasteiger partial charge in [0, 0.05) is 74.1 Å². The highest BCUT2D eigenvalue weighted by molar-refractivity contribution is 6.31. The monoisotopic (exact) mass is 866 g/mol. The lowest BCUT2D eigenvalue weighted by Gasteiger charge is -2.42. The van der Waals surface area contributed by atoms with Crippen molar-refractivity contribution in [3.05, 3.63) is 89.0 Å². The highest BCUT2D eigenvalue weighted by Gasteiger charge is 2.45. The van der Waals surface area contributed by atoms with Gasteiger partial charge in [-0.2, -0.15) is 0 Å². The van der Waals surface area contributed by atoms with E-state index in [2.05, 4.69) is 41.0 Å². The molecule has 322 valence electrons. The van der Waals surface area contributed by atoms with Gasteiger partial charge in [0.2, 0.25) is 23.6 Å². The summed E-state index contributed by atoms with van der Waals surface area (Å²) in [7, 11) is 1.50. The number of benzene rings is 3. The van der Waals surface area contributed by atoms with E-state index < -0.39 is 35.5 Å². The molecule has 4 aliphatic heterocycles. The highest BCUT2D eigenvalue weighted by atomic mass is 35.5. The molecule has 3 aromatic carbocycles. The van der Waals surface area contributed by atoms with E-state index >= 15 is 0 Å². The Hall–Kier alpha value is -6.50. The van der Waals surface area contributed by atoms with Crippen LogP contribution < -0.4 is 26.0 Å². The van der Waals surface area contributed by atoms with Gasteiger partial charge in [0.15, 0.2) is 0 Å². The first-order chi connectivity index (χ1) is 30.0. The lowest BCUT2D eigenvalue weighted by Crippen LogP contribution is -2.55. The second-order valence-corrected chi connectivity index (χ2v) is 15.8. The predicted molar refractivity (Wildman–Crippen MR) is 228 cm³/mol. The van der Waals surface area contributed by atoms with Crippen LogP contribution in [0.3, 0.4) is 0 Å². The Labute approximate surface area is 360 Å². The molecule has 0 bridgehead atoms. The molecule has 4 aromatic rings. The van der Waals surface area contributed by atoms with Gasteiger partial charge in [-0.15, -0.1) is 0 Å². The number of likely N-dealkylation sites (tertiary alicyclic amines) is 1. The smallest absolute Gasteiger partial charge is 0.264 e. The lowest BCUT2D eigenvalue weighted by atomic mass is 10.0. The molecule has 0 spiro atoms.